The number of amides is 2. The minimum Gasteiger partial charge on any atom is -0.382 e. The molecule has 184 valence electrons. The van der Waals surface area contributed by atoms with E-state index in [1.54, 1.807) is 0 Å². The lowest BCUT2D eigenvalue weighted by molar-refractivity contribution is -0.500. The van der Waals surface area contributed by atoms with Crippen LogP contribution in [0.5, 0.6) is 0 Å². The second-order valence-electron chi connectivity index (χ2n) is 5.61. The number of carbonyl (C=O) groups excluding carboxylic acids is 2. The summed E-state index contributed by atoms with van der Waals surface area (Å²) in [6.45, 7) is 0.610. The molecule has 2 amide bonds. The Labute approximate surface area is 171 Å². The molecular weight excluding hydrogens is 456 g/mol. The minimum absolute atomic E-state index is 0.00131. The third-order valence-corrected chi connectivity index (χ3v) is 3.38. The molecular formula is C15H22F8N2O6. The monoisotopic (exact) mass is 478 g/mol. The van der Waals surface area contributed by atoms with Crippen molar-refractivity contribution in [2.75, 3.05) is 46.6 Å². The van der Waals surface area contributed by atoms with Gasteiger partial charge in [-0.05, 0) is 13.8 Å². The van der Waals surface area contributed by atoms with E-state index in [1.807, 2.05) is 0 Å². The van der Waals surface area contributed by atoms with Crippen LogP contribution in [0.25, 0.3) is 0 Å². The highest BCUT2D eigenvalue weighted by Gasteiger charge is 2.69. The summed E-state index contributed by atoms with van der Waals surface area (Å²) < 4.78 is 123. The molecule has 0 bridgehead atoms. The SMILES string of the molecule is CCN(CC)C(=O)C(F)(F)OC(F)(F)C(F)(F)OC(F)(F)C(=O)NCCOCCOC. The third kappa shape index (κ3) is 8.70. The van der Waals surface area contributed by atoms with Gasteiger partial charge in [-0.15, -0.1) is 0 Å². The Balaban J connectivity index is 5.12. The van der Waals surface area contributed by atoms with E-state index >= 15 is 0 Å². The van der Waals surface area contributed by atoms with Gasteiger partial charge in [-0.3, -0.25) is 9.59 Å². The van der Waals surface area contributed by atoms with Crippen LogP contribution in [0.15, 0.2) is 0 Å². The quantitative estimate of drug-likeness (QED) is 0.287. The second-order valence-corrected chi connectivity index (χ2v) is 5.61. The summed E-state index contributed by atoms with van der Waals surface area (Å²) in [4.78, 5) is 22.9. The van der Waals surface area contributed by atoms with Gasteiger partial charge in [0.25, 0.3) is 0 Å². The molecule has 0 radical (unpaired) electrons. The van der Waals surface area contributed by atoms with Gasteiger partial charge < -0.3 is 19.7 Å². The Morgan fingerprint density at radius 1 is 0.806 bits per heavy atom. The van der Waals surface area contributed by atoms with Crippen LogP contribution in [-0.2, 0) is 28.5 Å². The van der Waals surface area contributed by atoms with Gasteiger partial charge in [-0.25, -0.2) is 9.47 Å². The van der Waals surface area contributed by atoms with Crippen molar-refractivity contribution < 1.29 is 63.7 Å². The summed E-state index contributed by atoms with van der Waals surface area (Å²) in [5, 5.41) is 1.36. The summed E-state index contributed by atoms with van der Waals surface area (Å²) in [6, 6.07) is 0. The average Bonchev–Trinajstić information content (AvgIpc) is 2.63. The highest BCUT2D eigenvalue weighted by atomic mass is 19.3. The first kappa shape index (κ1) is 29.2. The highest BCUT2D eigenvalue weighted by molar-refractivity contribution is 5.82. The van der Waals surface area contributed by atoms with Crippen molar-refractivity contribution in [2.24, 2.45) is 0 Å². The molecule has 0 aromatic heterocycles. The molecule has 0 rings (SSSR count). The van der Waals surface area contributed by atoms with Gasteiger partial charge in [-0.2, -0.15) is 35.1 Å². The van der Waals surface area contributed by atoms with Crippen LogP contribution in [0.4, 0.5) is 35.1 Å². The van der Waals surface area contributed by atoms with Crippen LogP contribution in [0.2, 0.25) is 0 Å². The van der Waals surface area contributed by atoms with Crippen molar-refractivity contribution in [2.45, 2.75) is 38.3 Å². The Morgan fingerprint density at radius 3 is 1.74 bits per heavy atom. The molecule has 0 aliphatic heterocycles. The van der Waals surface area contributed by atoms with Crippen molar-refractivity contribution >= 4 is 11.8 Å². The fourth-order valence-electron chi connectivity index (χ4n) is 1.81. The van der Waals surface area contributed by atoms with Gasteiger partial charge in [0.2, 0.25) is 0 Å². The Morgan fingerprint density at radius 2 is 1.29 bits per heavy atom. The zero-order valence-electron chi connectivity index (χ0n) is 16.7. The maximum atomic E-state index is 13.6. The molecule has 31 heavy (non-hydrogen) atoms. The molecule has 0 aliphatic carbocycles. The first-order valence-corrected chi connectivity index (χ1v) is 8.63. The fourth-order valence-corrected chi connectivity index (χ4v) is 1.81. The predicted molar refractivity (Wildman–Crippen MR) is 85.6 cm³/mol. The highest BCUT2D eigenvalue weighted by Crippen LogP contribution is 2.43. The Kier molecular flexibility index (Phi) is 11.1. The van der Waals surface area contributed by atoms with Gasteiger partial charge in [0.05, 0.1) is 19.8 Å². The van der Waals surface area contributed by atoms with Crippen molar-refractivity contribution in [3.05, 3.63) is 0 Å². The van der Waals surface area contributed by atoms with Crippen molar-refractivity contribution in [3.63, 3.8) is 0 Å². The smallest absolute Gasteiger partial charge is 0.382 e. The van der Waals surface area contributed by atoms with Crippen molar-refractivity contribution in [1.82, 2.24) is 10.2 Å². The number of hydrogen-bond acceptors (Lipinski definition) is 6. The van der Waals surface area contributed by atoms with E-state index < -0.39 is 55.9 Å². The van der Waals surface area contributed by atoms with Crippen molar-refractivity contribution in [1.29, 1.82) is 0 Å². The molecule has 0 atom stereocenters. The predicted octanol–water partition coefficient (Wildman–Crippen LogP) is 2.04. The molecule has 8 nitrogen and oxygen atoms in total. The second kappa shape index (κ2) is 11.7. The molecule has 0 saturated carbocycles. The third-order valence-electron chi connectivity index (χ3n) is 3.38. The van der Waals surface area contributed by atoms with E-state index in [9.17, 15) is 44.7 Å². The summed E-state index contributed by atoms with van der Waals surface area (Å²) >= 11 is 0. The van der Waals surface area contributed by atoms with Crippen LogP contribution in [0, 0.1) is 0 Å². The molecule has 0 fully saturated rings. The number of hydrogen-bond donors (Lipinski definition) is 1. The lowest BCUT2D eigenvalue weighted by Crippen LogP contribution is -2.57. The van der Waals surface area contributed by atoms with Gasteiger partial charge >= 0.3 is 36.2 Å². The first-order valence-electron chi connectivity index (χ1n) is 8.63. The lowest BCUT2D eigenvalue weighted by atomic mass is 10.4. The minimum atomic E-state index is -6.43. The maximum Gasteiger partial charge on any atom is 0.453 e. The molecule has 0 unspecified atom stereocenters. The molecule has 0 spiro atoms. The molecule has 0 aromatic carbocycles. The number of halogens is 8. The molecule has 0 aromatic rings. The van der Waals surface area contributed by atoms with Crippen LogP contribution < -0.4 is 5.32 Å². The molecule has 0 heterocycles. The maximum absolute atomic E-state index is 13.6. The Hall–Kier alpha value is -1.78. The van der Waals surface area contributed by atoms with Crippen LogP contribution in [0.3, 0.4) is 0 Å². The molecule has 0 aliphatic rings. The number of nitrogens with one attached hydrogen (secondary N) is 1. The topological polar surface area (TPSA) is 86.3 Å². The first-order chi connectivity index (χ1) is 14.1. The Bertz CT molecular complexity index is 590. The normalized spacial score (nSPS) is 13.3. The summed E-state index contributed by atoms with van der Waals surface area (Å²) in [5.74, 6) is -4.99. The number of rotatable bonds is 15. The van der Waals surface area contributed by atoms with E-state index in [2.05, 4.69) is 14.2 Å². The van der Waals surface area contributed by atoms with E-state index in [0.29, 0.717) is 0 Å². The number of ether oxygens (including phenoxy) is 4. The number of methoxy groups -OCH3 is 1. The van der Waals surface area contributed by atoms with E-state index in [1.165, 1.54) is 26.3 Å². The number of carbonyl (C=O) groups is 2. The largest absolute Gasteiger partial charge is 0.453 e. The van der Waals surface area contributed by atoms with Gasteiger partial charge in [0, 0.05) is 26.7 Å². The zero-order chi connectivity index (χ0) is 24.5. The number of likely N-dealkylation sites (N-methyl/N-ethyl adjacent to an activating group) is 1. The van der Waals surface area contributed by atoms with Crippen molar-refractivity contribution in [3.8, 4) is 0 Å². The number of nitrogens with zero attached hydrogens (tertiary/aromatic N) is 1. The van der Waals surface area contributed by atoms with Crippen LogP contribution >= 0.6 is 0 Å². The van der Waals surface area contributed by atoms with Gasteiger partial charge in [-0.1, -0.05) is 0 Å². The summed E-state index contributed by atoms with van der Waals surface area (Å²) in [5.41, 5.74) is 0. The average molecular weight is 478 g/mol. The molecule has 1 N–H and O–H groups in total. The standard InChI is InChI=1S/C15H22F8N2O6/c1-4-25(5-2)11(27)13(18,19)31-15(22,23)14(20,21)30-12(16,17)10(26)24-6-7-29-9-8-28-3/h4-9H2,1-3H3,(H,24,26). The van der Waals surface area contributed by atoms with Gasteiger partial charge in [0.15, 0.2) is 0 Å². The number of alkyl halides is 8. The van der Waals surface area contributed by atoms with E-state index in [-0.39, 0.29) is 24.7 Å². The zero-order valence-corrected chi connectivity index (χ0v) is 16.7. The summed E-state index contributed by atoms with van der Waals surface area (Å²) in [7, 11) is 1.33. The molecule has 0 saturated heterocycles. The lowest BCUT2D eigenvalue weighted by Gasteiger charge is -2.31. The van der Waals surface area contributed by atoms with Gasteiger partial charge in [0.1, 0.15) is 0 Å². The van der Waals surface area contributed by atoms with E-state index in [4.69, 9.17) is 4.74 Å². The summed E-state index contributed by atoms with van der Waals surface area (Å²) in [6.07, 6.45) is -24.0. The molecule has 16 heteroatoms. The van der Waals surface area contributed by atoms with E-state index in [0.717, 1.165) is 0 Å². The fraction of sp³-hybridized carbons (Fsp3) is 0.867. The van der Waals surface area contributed by atoms with Crippen LogP contribution in [0.1, 0.15) is 13.8 Å². The van der Waals surface area contributed by atoms with Crippen LogP contribution in [-0.4, -0.2) is 87.7 Å².